The van der Waals surface area contributed by atoms with E-state index in [1.807, 2.05) is 18.2 Å². The minimum atomic E-state index is -0.184. The summed E-state index contributed by atoms with van der Waals surface area (Å²) < 4.78 is 6.01. The molecular weight excluding hydrogens is 264 g/mol. The largest absolute Gasteiger partial charge is 0.487 e. The molecule has 0 radical (unpaired) electrons. The van der Waals surface area contributed by atoms with Crippen LogP contribution in [-0.2, 0) is 4.79 Å². The third kappa shape index (κ3) is 4.46. The van der Waals surface area contributed by atoms with Gasteiger partial charge in [-0.05, 0) is 26.3 Å². The fourth-order valence-electron chi connectivity index (χ4n) is 2.70. The highest BCUT2D eigenvalue weighted by Gasteiger charge is 2.33. The zero-order valence-electron chi connectivity index (χ0n) is 13.2. The Balaban J connectivity index is 1.92. The highest BCUT2D eigenvalue weighted by Crippen LogP contribution is 2.39. The summed E-state index contributed by atoms with van der Waals surface area (Å²) in [4.78, 5) is 11.6. The van der Waals surface area contributed by atoms with Gasteiger partial charge < -0.3 is 15.4 Å². The summed E-state index contributed by atoms with van der Waals surface area (Å²) in [7, 11) is 0. The number of benzene rings is 1. The Kier molecular flexibility index (Phi) is 5.23. The van der Waals surface area contributed by atoms with Crippen LogP contribution in [0.15, 0.2) is 24.3 Å². The third-order valence-electron chi connectivity index (χ3n) is 3.69. The molecule has 1 unspecified atom stereocenters. The quantitative estimate of drug-likeness (QED) is 0.847. The first-order chi connectivity index (χ1) is 10.0. The van der Waals surface area contributed by atoms with E-state index in [-0.39, 0.29) is 17.6 Å². The smallest absolute Gasteiger partial charge is 0.221 e. The van der Waals surface area contributed by atoms with Crippen LogP contribution in [0.1, 0.15) is 51.6 Å². The maximum absolute atomic E-state index is 11.6. The molecule has 2 rings (SSSR count). The predicted octanol–water partition coefficient (Wildman–Crippen LogP) is 2.79. The molecule has 0 aliphatic carbocycles. The number of nitrogens with one attached hydrogen (secondary N) is 2. The van der Waals surface area contributed by atoms with Crippen LogP contribution in [0.25, 0.3) is 0 Å². The highest BCUT2D eigenvalue weighted by molar-refractivity contribution is 5.76. The minimum Gasteiger partial charge on any atom is -0.487 e. The van der Waals surface area contributed by atoms with Gasteiger partial charge >= 0.3 is 0 Å². The maximum Gasteiger partial charge on any atom is 0.221 e. The van der Waals surface area contributed by atoms with Crippen LogP contribution in [0.4, 0.5) is 0 Å². The number of rotatable bonds is 6. The van der Waals surface area contributed by atoms with Gasteiger partial charge in [0.25, 0.3) is 0 Å². The van der Waals surface area contributed by atoms with Gasteiger partial charge in [0, 0.05) is 37.5 Å². The fraction of sp³-hybridized carbons (Fsp3) is 0.588. The summed E-state index contributed by atoms with van der Waals surface area (Å²) in [6, 6.07) is 8.38. The van der Waals surface area contributed by atoms with E-state index in [1.54, 1.807) is 0 Å². The van der Waals surface area contributed by atoms with Crippen LogP contribution in [0.5, 0.6) is 5.75 Å². The van der Waals surface area contributed by atoms with Crippen molar-refractivity contribution < 1.29 is 9.53 Å². The van der Waals surface area contributed by atoms with Gasteiger partial charge in [-0.25, -0.2) is 0 Å². The molecule has 0 spiro atoms. The lowest BCUT2D eigenvalue weighted by Crippen LogP contribution is -2.40. The van der Waals surface area contributed by atoms with Crippen molar-refractivity contribution in [1.29, 1.82) is 0 Å². The van der Waals surface area contributed by atoms with Crippen LogP contribution >= 0.6 is 0 Å². The molecule has 0 saturated heterocycles. The Bertz CT molecular complexity index is 485. The summed E-state index contributed by atoms with van der Waals surface area (Å²) in [5, 5.41) is 6.40. The van der Waals surface area contributed by atoms with Crippen molar-refractivity contribution in [2.75, 3.05) is 13.1 Å². The van der Waals surface area contributed by atoms with Crippen LogP contribution in [0.3, 0.4) is 0 Å². The topological polar surface area (TPSA) is 50.4 Å². The van der Waals surface area contributed by atoms with Crippen LogP contribution in [0.2, 0.25) is 0 Å². The summed E-state index contributed by atoms with van der Waals surface area (Å²) in [6.45, 7) is 7.70. The molecule has 1 aromatic rings. The van der Waals surface area contributed by atoms with Gasteiger partial charge in [0.2, 0.25) is 5.91 Å². The first kappa shape index (κ1) is 15.8. The zero-order valence-corrected chi connectivity index (χ0v) is 13.2. The Hall–Kier alpha value is -1.55. The summed E-state index contributed by atoms with van der Waals surface area (Å²) in [5.74, 6) is 1.06. The molecule has 1 amide bonds. The number of fused-ring (bicyclic) bond motifs is 1. The van der Waals surface area contributed by atoms with Crippen molar-refractivity contribution in [2.45, 2.75) is 51.7 Å². The maximum atomic E-state index is 11.6. The number of carbonyl (C=O) groups excluding carboxylic acids is 1. The molecule has 1 aliphatic rings. The van der Waals surface area contributed by atoms with E-state index in [0.29, 0.717) is 13.0 Å². The molecule has 1 atom stereocenters. The standard InChI is InChI=1S/C17H26N2O2/c1-4-10-19-16(20)9-11-18-14-12-17(2,3)21-15-8-6-5-7-13(14)15/h5-8,14,18H,4,9-12H2,1-3H3,(H,19,20). The van der Waals surface area contributed by atoms with Crippen LogP contribution in [0, 0.1) is 0 Å². The van der Waals surface area contributed by atoms with E-state index < -0.39 is 0 Å². The number of para-hydroxylation sites is 1. The Morgan fingerprint density at radius 2 is 2.10 bits per heavy atom. The zero-order chi connectivity index (χ0) is 15.3. The summed E-state index contributed by atoms with van der Waals surface area (Å²) >= 11 is 0. The lowest BCUT2D eigenvalue weighted by Gasteiger charge is -2.38. The first-order valence-corrected chi connectivity index (χ1v) is 7.80. The average Bonchev–Trinajstić information content (AvgIpc) is 2.44. The van der Waals surface area contributed by atoms with Crippen LogP contribution < -0.4 is 15.4 Å². The van der Waals surface area contributed by atoms with Crippen molar-refractivity contribution in [2.24, 2.45) is 0 Å². The number of hydrogen-bond acceptors (Lipinski definition) is 3. The monoisotopic (exact) mass is 290 g/mol. The lowest BCUT2D eigenvalue weighted by atomic mass is 9.89. The number of amides is 1. The van der Waals surface area contributed by atoms with Gasteiger partial charge in [0.05, 0.1) is 0 Å². The molecular formula is C17H26N2O2. The number of hydrogen-bond donors (Lipinski definition) is 2. The second-order valence-corrected chi connectivity index (χ2v) is 6.21. The third-order valence-corrected chi connectivity index (χ3v) is 3.69. The molecule has 4 heteroatoms. The summed E-state index contributed by atoms with van der Waals surface area (Å²) in [6.07, 6.45) is 2.39. The van der Waals surface area contributed by atoms with Crippen molar-refractivity contribution in [3.05, 3.63) is 29.8 Å². The van der Waals surface area contributed by atoms with Gasteiger partial charge in [-0.15, -0.1) is 0 Å². The van der Waals surface area contributed by atoms with E-state index in [2.05, 4.69) is 37.5 Å². The molecule has 0 bridgehead atoms. The number of carbonyl (C=O) groups is 1. The van der Waals surface area contributed by atoms with E-state index in [9.17, 15) is 4.79 Å². The molecule has 2 N–H and O–H groups in total. The normalized spacial score (nSPS) is 19.5. The van der Waals surface area contributed by atoms with Crippen molar-refractivity contribution in [1.82, 2.24) is 10.6 Å². The van der Waals surface area contributed by atoms with Crippen molar-refractivity contribution >= 4 is 5.91 Å². The molecule has 1 aromatic carbocycles. The first-order valence-electron chi connectivity index (χ1n) is 7.80. The van der Waals surface area contributed by atoms with E-state index >= 15 is 0 Å². The van der Waals surface area contributed by atoms with Crippen molar-refractivity contribution in [3.8, 4) is 5.75 Å². The molecule has 1 heterocycles. The van der Waals surface area contributed by atoms with Crippen LogP contribution in [-0.4, -0.2) is 24.6 Å². The van der Waals surface area contributed by atoms with E-state index in [1.165, 1.54) is 5.56 Å². The molecule has 0 fully saturated rings. The van der Waals surface area contributed by atoms with E-state index in [0.717, 1.165) is 25.1 Å². The van der Waals surface area contributed by atoms with Gasteiger partial charge in [-0.2, -0.15) is 0 Å². The lowest BCUT2D eigenvalue weighted by molar-refractivity contribution is -0.121. The molecule has 116 valence electrons. The molecule has 4 nitrogen and oxygen atoms in total. The predicted molar refractivity (Wildman–Crippen MR) is 84.4 cm³/mol. The van der Waals surface area contributed by atoms with Gasteiger partial charge in [0.15, 0.2) is 0 Å². The highest BCUT2D eigenvalue weighted by atomic mass is 16.5. The van der Waals surface area contributed by atoms with Gasteiger partial charge in [-0.3, -0.25) is 4.79 Å². The molecule has 1 aliphatic heterocycles. The molecule has 21 heavy (non-hydrogen) atoms. The fourth-order valence-corrected chi connectivity index (χ4v) is 2.70. The van der Waals surface area contributed by atoms with E-state index in [4.69, 9.17) is 4.74 Å². The molecule has 0 aromatic heterocycles. The Labute approximate surface area is 127 Å². The van der Waals surface area contributed by atoms with Crippen molar-refractivity contribution in [3.63, 3.8) is 0 Å². The molecule has 0 saturated carbocycles. The van der Waals surface area contributed by atoms with Gasteiger partial charge in [0.1, 0.15) is 11.4 Å². The Morgan fingerprint density at radius 3 is 2.86 bits per heavy atom. The average molecular weight is 290 g/mol. The van der Waals surface area contributed by atoms with Gasteiger partial charge in [-0.1, -0.05) is 25.1 Å². The minimum absolute atomic E-state index is 0.115. The summed E-state index contributed by atoms with van der Waals surface area (Å²) in [5.41, 5.74) is 1.00. The number of ether oxygens (including phenoxy) is 1. The second-order valence-electron chi connectivity index (χ2n) is 6.21. The Morgan fingerprint density at radius 1 is 1.33 bits per heavy atom. The SMILES string of the molecule is CCCNC(=O)CCNC1CC(C)(C)Oc2ccccc21. The second kappa shape index (κ2) is 6.94.